The molecule has 20 heavy (non-hydrogen) atoms. The van der Waals surface area contributed by atoms with Crippen LogP contribution in [0.5, 0.6) is 0 Å². The summed E-state index contributed by atoms with van der Waals surface area (Å²) in [5.74, 6) is 0.673. The van der Waals surface area contributed by atoms with Gasteiger partial charge < -0.3 is 15.0 Å². The molecule has 110 valence electrons. The highest BCUT2D eigenvalue weighted by Crippen LogP contribution is 2.52. The molecule has 1 saturated heterocycles. The number of ether oxygens (including phenoxy) is 1. The molecule has 3 unspecified atom stereocenters. The largest absolute Gasteiger partial charge is 0.381 e. The van der Waals surface area contributed by atoms with Crippen LogP contribution in [0.4, 0.5) is 11.4 Å². The van der Waals surface area contributed by atoms with Crippen molar-refractivity contribution in [2.75, 3.05) is 30.9 Å². The van der Waals surface area contributed by atoms with Crippen LogP contribution in [-0.2, 0) is 4.74 Å². The first kappa shape index (κ1) is 13.7. The number of anilines is 2. The molecular weight excluding hydrogens is 248 g/mol. The van der Waals surface area contributed by atoms with E-state index >= 15 is 0 Å². The molecule has 3 atom stereocenters. The number of hydrogen-bond acceptors (Lipinski definition) is 3. The van der Waals surface area contributed by atoms with Gasteiger partial charge in [-0.25, -0.2) is 0 Å². The second kappa shape index (κ2) is 4.96. The first-order valence-corrected chi connectivity index (χ1v) is 7.65. The molecule has 1 N–H and O–H groups in total. The highest BCUT2D eigenvalue weighted by molar-refractivity contribution is 5.55. The van der Waals surface area contributed by atoms with E-state index < -0.39 is 0 Å². The van der Waals surface area contributed by atoms with E-state index in [4.69, 9.17) is 4.74 Å². The Morgan fingerprint density at radius 3 is 2.55 bits per heavy atom. The Morgan fingerprint density at radius 2 is 1.90 bits per heavy atom. The minimum Gasteiger partial charge on any atom is -0.381 e. The highest BCUT2D eigenvalue weighted by Gasteiger charge is 2.57. The standard InChI is InChI=1S/C17H26N2O/c1-17(2)15(14-6-5-11-20-16(14)17)18-12-7-9-13(10-8-12)19(3)4/h7-10,14-16,18H,5-6,11H2,1-4H3. The molecule has 3 nitrogen and oxygen atoms in total. The van der Waals surface area contributed by atoms with E-state index in [1.54, 1.807) is 0 Å². The Kier molecular flexibility index (Phi) is 3.41. The zero-order valence-corrected chi connectivity index (χ0v) is 13.0. The average molecular weight is 274 g/mol. The molecule has 3 heteroatoms. The smallest absolute Gasteiger partial charge is 0.0693 e. The van der Waals surface area contributed by atoms with Crippen LogP contribution in [0.2, 0.25) is 0 Å². The quantitative estimate of drug-likeness (QED) is 0.914. The summed E-state index contributed by atoms with van der Waals surface area (Å²) in [6, 6.07) is 9.23. The van der Waals surface area contributed by atoms with Crippen molar-refractivity contribution < 1.29 is 4.74 Å². The van der Waals surface area contributed by atoms with Gasteiger partial charge in [-0.15, -0.1) is 0 Å². The minimum atomic E-state index is 0.227. The maximum atomic E-state index is 5.96. The fourth-order valence-electron chi connectivity index (χ4n) is 3.85. The first-order valence-electron chi connectivity index (χ1n) is 7.65. The normalized spacial score (nSPS) is 31.1. The van der Waals surface area contributed by atoms with Crippen molar-refractivity contribution in [3.05, 3.63) is 24.3 Å². The van der Waals surface area contributed by atoms with Crippen LogP contribution in [0.3, 0.4) is 0 Å². The molecule has 2 aliphatic rings. The maximum Gasteiger partial charge on any atom is 0.0693 e. The van der Waals surface area contributed by atoms with E-state index in [0.717, 1.165) is 6.61 Å². The molecule has 0 amide bonds. The summed E-state index contributed by atoms with van der Waals surface area (Å²) in [6.07, 6.45) is 2.94. The van der Waals surface area contributed by atoms with Crippen molar-refractivity contribution in [3.8, 4) is 0 Å². The summed E-state index contributed by atoms with van der Waals surface area (Å²) in [7, 11) is 4.14. The molecule has 1 aliphatic heterocycles. The zero-order valence-electron chi connectivity index (χ0n) is 13.0. The summed E-state index contributed by atoms with van der Waals surface area (Å²) < 4.78 is 5.96. The molecule has 1 aliphatic carbocycles. The Bertz CT molecular complexity index is 466. The van der Waals surface area contributed by atoms with Crippen molar-refractivity contribution in [2.24, 2.45) is 11.3 Å². The van der Waals surface area contributed by atoms with Crippen molar-refractivity contribution in [1.82, 2.24) is 0 Å². The molecule has 0 radical (unpaired) electrons. The Labute approximate surface area is 122 Å². The third kappa shape index (κ3) is 2.18. The number of nitrogens with zero attached hydrogens (tertiary/aromatic N) is 1. The molecule has 1 aromatic rings. The third-order valence-corrected chi connectivity index (χ3v) is 5.04. The molecule has 1 aromatic carbocycles. The lowest BCUT2D eigenvalue weighted by atomic mass is 9.55. The summed E-state index contributed by atoms with van der Waals surface area (Å²) in [5.41, 5.74) is 2.69. The number of hydrogen-bond donors (Lipinski definition) is 1. The van der Waals surface area contributed by atoms with Gasteiger partial charge in [-0.2, -0.15) is 0 Å². The van der Waals surface area contributed by atoms with Crippen molar-refractivity contribution >= 4 is 11.4 Å². The monoisotopic (exact) mass is 274 g/mol. The van der Waals surface area contributed by atoms with Gasteiger partial charge in [-0.1, -0.05) is 13.8 Å². The van der Waals surface area contributed by atoms with Gasteiger partial charge in [0.25, 0.3) is 0 Å². The predicted octanol–water partition coefficient (Wildman–Crippen LogP) is 3.37. The Morgan fingerprint density at radius 1 is 1.20 bits per heavy atom. The minimum absolute atomic E-state index is 0.227. The zero-order chi connectivity index (χ0) is 14.3. The lowest BCUT2D eigenvalue weighted by molar-refractivity contribution is -0.177. The summed E-state index contributed by atoms with van der Waals surface area (Å²) in [5, 5.41) is 3.74. The molecular formula is C17H26N2O. The number of nitrogens with one attached hydrogen (secondary N) is 1. The maximum absolute atomic E-state index is 5.96. The van der Waals surface area contributed by atoms with E-state index in [1.165, 1.54) is 24.2 Å². The fourth-order valence-corrected chi connectivity index (χ4v) is 3.85. The van der Waals surface area contributed by atoms with Crippen LogP contribution in [0, 0.1) is 11.3 Å². The fraction of sp³-hybridized carbons (Fsp3) is 0.647. The Balaban J connectivity index is 1.71. The topological polar surface area (TPSA) is 24.5 Å². The number of fused-ring (bicyclic) bond motifs is 1. The van der Waals surface area contributed by atoms with Crippen molar-refractivity contribution in [1.29, 1.82) is 0 Å². The van der Waals surface area contributed by atoms with Gasteiger partial charge in [0.05, 0.1) is 6.10 Å². The lowest BCUT2D eigenvalue weighted by Crippen LogP contribution is -2.67. The third-order valence-electron chi connectivity index (χ3n) is 5.04. The second-order valence-electron chi connectivity index (χ2n) is 6.98. The van der Waals surface area contributed by atoms with Crippen LogP contribution in [0.15, 0.2) is 24.3 Å². The summed E-state index contributed by atoms with van der Waals surface area (Å²) in [6.45, 7) is 5.59. The molecule has 0 aromatic heterocycles. The van der Waals surface area contributed by atoms with Gasteiger partial charge in [0.2, 0.25) is 0 Å². The first-order chi connectivity index (χ1) is 9.50. The highest BCUT2D eigenvalue weighted by atomic mass is 16.5. The van der Waals surface area contributed by atoms with Crippen LogP contribution in [0.25, 0.3) is 0 Å². The van der Waals surface area contributed by atoms with E-state index in [-0.39, 0.29) is 5.41 Å². The van der Waals surface area contributed by atoms with Crippen LogP contribution in [0.1, 0.15) is 26.7 Å². The average Bonchev–Trinajstić information content (AvgIpc) is 2.45. The molecule has 1 heterocycles. The summed E-state index contributed by atoms with van der Waals surface area (Å²) >= 11 is 0. The van der Waals surface area contributed by atoms with Gasteiger partial charge in [0.15, 0.2) is 0 Å². The molecule has 0 spiro atoms. The van der Waals surface area contributed by atoms with Gasteiger partial charge in [-0.3, -0.25) is 0 Å². The number of rotatable bonds is 3. The molecule has 3 rings (SSSR count). The SMILES string of the molecule is CN(C)c1ccc(NC2C3CCCOC3C2(C)C)cc1. The lowest BCUT2D eigenvalue weighted by Gasteiger charge is -2.60. The second-order valence-corrected chi connectivity index (χ2v) is 6.98. The van der Waals surface area contributed by atoms with Gasteiger partial charge in [0, 0.05) is 49.5 Å². The van der Waals surface area contributed by atoms with E-state index in [9.17, 15) is 0 Å². The van der Waals surface area contributed by atoms with E-state index in [1.807, 2.05) is 0 Å². The molecule has 2 fully saturated rings. The molecule has 0 bridgehead atoms. The van der Waals surface area contributed by atoms with Gasteiger partial charge in [0.1, 0.15) is 0 Å². The van der Waals surface area contributed by atoms with E-state index in [2.05, 4.69) is 62.4 Å². The van der Waals surface area contributed by atoms with Gasteiger partial charge in [-0.05, 0) is 37.1 Å². The van der Waals surface area contributed by atoms with Crippen molar-refractivity contribution in [3.63, 3.8) is 0 Å². The number of benzene rings is 1. The van der Waals surface area contributed by atoms with Crippen LogP contribution in [-0.4, -0.2) is 32.8 Å². The van der Waals surface area contributed by atoms with Crippen molar-refractivity contribution in [2.45, 2.75) is 38.8 Å². The van der Waals surface area contributed by atoms with Crippen LogP contribution < -0.4 is 10.2 Å². The van der Waals surface area contributed by atoms with E-state index in [0.29, 0.717) is 18.1 Å². The van der Waals surface area contributed by atoms with Gasteiger partial charge >= 0.3 is 0 Å². The Hall–Kier alpha value is -1.22. The van der Waals surface area contributed by atoms with Crippen LogP contribution >= 0.6 is 0 Å². The molecule has 1 saturated carbocycles. The predicted molar refractivity (Wildman–Crippen MR) is 84.4 cm³/mol. The summed E-state index contributed by atoms with van der Waals surface area (Å²) in [4.78, 5) is 2.13.